The number of fused-ring (bicyclic) bond motifs is 1. The van der Waals surface area contributed by atoms with E-state index in [4.69, 9.17) is 8.94 Å². The lowest BCUT2D eigenvalue weighted by molar-refractivity contribution is 0.376. The van der Waals surface area contributed by atoms with Gasteiger partial charge in [0.15, 0.2) is 5.76 Å². The molecule has 0 saturated carbocycles. The standard InChI is InChI=1S/C13H11BrN2O2/c1-2-9(14)13-15-12(16-18-13)11-7-8-5-3-4-6-10(8)17-11/h3-7,9H,2H2,1H3. The van der Waals surface area contributed by atoms with E-state index in [2.05, 4.69) is 26.1 Å². The van der Waals surface area contributed by atoms with Crippen molar-refractivity contribution >= 4 is 26.9 Å². The summed E-state index contributed by atoms with van der Waals surface area (Å²) in [6.07, 6.45) is 0.891. The summed E-state index contributed by atoms with van der Waals surface area (Å²) in [6, 6.07) is 9.72. The average molecular weight is 307 g/mol. The maximum Gasteiger partial charge on any atom is 0.240 e. The Kier molecular flexibility index (Phi) is 2.91. The van der Waals surface area contributed by atoms with Crippen LogP contribution in [0.3, 0.4) is 0 Å². The molecule has 1 aromatic carbocycles. The minimum Gasteiger partial charge on any atom is -0.453 e. The molecular weight excluding hydrogens is 296 g/mol. The number of hydrogen-bond donors (Lipinski definition) is 0. The van der Waals surface area contributed by atoms with Crippen LogP contribution in [0.15, 0.2) is 39.3 Å². The topological polar surface area (TPSA) is 52.1 Å². The predicted molar refractivity (Wildman–Crippen MR) is 71.5 cm³/mol. The molecule has 3 rings (SSSR count). The first-order chi connectivity index (χ1) is 8.78. The molecular formula is C13H11BrN2O2. The first-order valence-electron chi connectivity index (χ1n) is 5.74. The van der Waals surface area contributed by atoms with E-state index in [1.807, 2.05) is 37.3 Å². The summed E-state index contributed by atoms with van der Waals surface area (Å²) in [7, 11) is 0. The van der Waals surface area contributed by atoms with Gasteiger partial charge in [0.05, 0.1) is 4.83 Å². The Morgan fingerprint density at radius 2 is 2.17 bits per heavy atom. The van der Waals surface area contributed by atoms with Gasteiger partial charge < -0.3 is 8.94 Å². The Morgan fingerprint density at radius 1 is 1.33 bits per heavy atom. The number of rotatable bonds is 3. The maximum atomic E-state index is 5.68. The van der Waals surface area contributed by atoms with Crippen molar-refractivity contribution in [3.63, 3.8) is 0 Å². The number of benzene rings is 1. The molecule has 0 aliphatic heterocycles. The molecule has 2 aromatic heterocycles. The van der Waals surface area contributed by atoms with Gasteiger partial charge in [0.25, 0.3) is 0 Å². The van der Waals surface area contributed by atoms with Gasteiger partial charge in [-0.1, -0.05) is 46.2 Å². The monoisotopic (exact) mass is 306 g/mol. The fourth-order valence-electron chi connectivity index (χ4n) is 1.73. The van der Waals surface area contributed by atoms with Crippen LogP contribution in [0.25, 0.3) is 22.6 Å². The number of alkyl halides is 1. The fourth-order valence-corrected chi connectivity index (χ4v) is 1.92. The van der Waals surface area contributed by atoms with E-state index in [9.17, 15) is 0 Å². The van der Waals surface area contributed by atoms with Crippen molar-refractivity contribution in [1.82, 2.24) is 10.1 Å². The highest BCUT2D eigenvalue weighted by atomic mass is 79.9. The highest BCUT2D eigenvalue weighted by Crippen LogP contribution is 2.29. The SMILES string of the molecule is CCC(Br)c1nc(-c2cc3ccccc3o2)no1. The maximum absolute atomic E-state index is 5.68. The minimum absolute atomic E-state index is 0.0862. The Labute approximate surface area is 112 Å². The summed E-state index contributed by atoms with van der Waals surface area (Å²) in [5.74, 6) is 1.69. The first-order valence-corrected chi connectivity index (χ1v) is 6.66. The molecule has 0 aliphatic rings. The molecule has 18 heavy (non-hydrogen) atoms. The van der Waals surface area contributed by atoms with Crippen LogP contribution in [0.1, 0.15) is 24.1 Å². The van der Waals surface area contributed by atoms with Crippen molar-refractivity contribution in [2.24, 2.45) is 0 Å². The summed E-state index contributed by atoms with van der Waals surface area (Å²) in [6.45, 7) is 2.05. The second-order valence-electron chi connectivity index (χ2n) is 3.98. The van der Waals surface area contributed by atoms with Crippen LogP contribution in [-0.2, 0) is 0 Å². The summed E-state index contributed by atoms with van der Waals surface area (Å²) in [5, 5.41) is 4.97. The molecule has 2 heterocycles. The van der Waals surface area contributed by atoms with Gasteiger partial charge in [-0.3, -0.25) is 0 Å². The third kappa shape index (κ3) is 1.95. The molecule has 0 N–H and O–H groups in total. The molecule has 0 amide bonds. The molecule has 0 radical (unpaired) electrons. The summed E-state index contributed by atoms with van der Waals surface area (Å²) in [4.78, 5) is 4.41. The molecule has 92 valence electrons. The molecule has 1 unspecified atom stereocenters. The first kappa shape index (κ1) is 11.5. The molecule has 0 saturated heterocycles. The van der Waals surface area contributed by atoms with E-state index < -0.39 is 0 Å². The third-order valence-electron chi connectivity index (χ3n) is 2.71. The minimum atomic E-state index is 0.0862. The zero-order valence-corrected chi connectivity index (χ0v) is 11.3. The highest BCUT2D eigenvalue weighted by molar-refractivity contribution is 9.09. The van der Waals surface area contributed by atoms with Gasteiger partial charge >= 0.3 is 0 Å². The van der Waals surface area contributed by atoms with Crippen molar-refractivity contribution in [2.45, 2.75) is 18.2 Å². The molecule has 4 nitrogen and oxygen atoms in total. The van der Waals surface area contributed by atoms with E-state index in [1.54, 1.807) is 0 Å². The number of hydrogen-bond acceptors (Lipinski definition) is 4. The molecule has 3 aromatic rings. The molecule has 0 aliphatic carbocycles. The number of nitrogens with zero attached hydrogens (tertiary/aromatic N) is 2. The zero-order chi connectivity index (χ0) is 12.5. The lowest BCUT2D eigenvalue weighted by Gasteiger charge is -1.96. The van der Waals surface area contributed by atoms with Crippen molar-refractivity contribution in [2.75, 3.05) is 0 Å². The van der Waals surface area contributed by atoms with Gasteiger partial charge in [-0.05, 0) is 18.6 Å². The Bertz CT molecular complexity index is 641. The predicted octanol–water partition coefficient (Wildman–Crippen LogP) is 4.33. The van der Waals surface area contributed by atoms with Gasteiger partial charge in [0, 0.05) is 5.39 Å². The number of aromatic nitrogens is 2. The van der Waals surface area contributed by atoms with Crippen molar-refractivity contribution < 1.29 is 8.94 Å². The van der Waals surface area contributed by atoms with Gasteiger partial charge in [-0.25, -0.2) is 0 Å². The van der Waals surface area contributed by atoms with E-state index in [0.29, 0.717) is 17.5 Å². The van der Waals surface area contributed by atoms with Crippen molar-refractivity contribution in [3.8, 4) is 11.6 Å². The Morgan fingerprint density at radius 3 is 2.94 bits per heavy atom. The van der Waals surface area contributed by atoms with Crippen LogP contribution >= 0.6 is 15.9 Å². The summed E-state index contributed by atoms with van der Waals surface area (Å²) in [5.41, 5.74) is 0.824. The summed E-state index contributed by atoms with van der Waals surface area (Å²) >= 11 is 3.48. The van der Waals surface area contributed by atoms with E-state index in [-0.39, 0.29) is 4.83 Å². The normalized spacial score (nSPS) is 13.0. The molecule has 0 spiro atoms. The van der Waals surface area contributed by atoms with Crippen LogP contribution in [0.5, 0.6) is 0 Å². The second-order valence-corrected chi connectivity index (χ2v) is 5.09. The molecule has 1 atom stereocenters. The fraction of sp³-hybridized carbons (Fsp3) is 0.231. The Balaban J connectivity index is 2.01. The van der Waals surface area contributed by atoms with E-state index in [1.165, 1.54) is 0 Å². The highest BCUT2D eigenvalue weighted by Gasteiger charge is 2.17. The lowest BCUT2D eigenvalue weighted by Crippen LogP contribution is -1.86. The quantitative estimate of drug-likeness (QED) is 0.676. The van der Waals surface area contributed by atoms with Crippen LogP contribution in [0, 0.1) is 0 Å². The zero-order valence-electron chi connectivity index (χ0n) is 9.76. The van der Waals surface area contributed by atoms with Crippen LogP contribution in [0.2, 0.25) is 0 Å². The number of para-hydroxylation sites is 1. The van der Waals surface area contributed by atoms with Gasteiger partial charge in [-0.15, -0.1) is 0 Å². The van der Waals surface area contributed by atoms with E-state index in [0.717, 1.165) is 17.4 Å². The number of halogens is 1. The van der Waals surface area contributed by atoms with Crippen molar-refractivity contribution in [3.05, 3.63) is 36.2 Å². The van der Waals surface area contributed by atoms with Gasteiger partial charge in [-0.2, -0.15) is 4.98 Å². The molecule has 0 bridgehead atoms. The Hall–Kier alpha value is -1.62. The molecule has 0 fully saturated rings. The van der Waals surface area contributed by atoms with E-state index >= 15 is 0 Å². The van der Waals surface area contributed by atoms with Crippen LogP contribution in [-0.4, -0.2) is 10.1 Å². The van der Waals surface area contributed by atoms with Gasteiger partial charge in [0.2, 0.25) is 11.7 Å². The largest absolute Gasteiger partial charge is 0.453 e. The average Bonchev–Trinajstić information content (AvgIpc) is 3.03. The smallest absolute Gasteiger partial charge is 0.240 e. The summed E-state index contributed by atoms with van der Waals surface area (Å²) < 4.78 is 10.9. The third-order valence-corrected chi connectivity index (χ3v) is 3.75. The lowest BCUT2D eigenvalue weighted by atomic mass is 10.2. The van der Waals surface area contributed by atoms with Crippen LogP contribution in [0.4, 0.5) is 0 Å². The van der Waals surface area contributed by atoms with Gasteiger partial charge in [0.1, 0.15) is 5.58 Å². The van der Waals surface area contributed by atoms with Crippen molar-refractivity contribution in [1.29, 1.82) is 0 Å². The number of furan rings is 1. The van der Waals surface area contributed by atoms with Crippen LogP contribution < -0.4 is 0 Å². The second kappa shape index (κ2) is 4.57. The molecule has 5 heteroatoms.